The van der Waals surface area contributed by atoms with E-state index < -0.39 is 12.3 Å². The van der Waals surface area contributed by atoms with Crippen molar-refractivity contribution in [1.82, 2.24) is 0 Å². The predicted octanol–water partition coefficient (Wildman–Crippen LogP) is 3.45. The van der Waals surface area contributed by atoms with E-state index in [-0.39, 0.29) is 0 Å². The Morgan fingerprint density at radius 3 is 1.75 bits per heavy atom. The van der Waals surface area contributed by atoms with Crippen LogP contribution in [-0.4, -0.2) is 12.3 Å². The zero-order valence-corrected chi connectivity index (χ0v) is 11.1. The fourth-order valence-corrected chi connectivity index (χ4v) is 4.17. The molecule has 48 valence electrons. The molecular weight excluding hydrogens is 290 g/mol. The van der Waals surface area contributed by atoms with E-state index in [1.54, 1.807) is 0 Å². The van der Waals surface area contributed by atoms with Gasteiger partial charge in [0.2, 0.25) is 0 Å². The molecule has 0 saturated carbocycles. The Kier molecular flexibility index (Phi) is 4.42. The number of rotatable bonds is 2. The molecule has 8 heavy (non-hydrogen) atoms. The Morgan fingerprint density at radius 1 is 1.38 bits per heavy atom. The van der Waals surface area contributed by atoms with Crippen molar-refractivity contribution < 1.29 is 0 Å². The van der Waals surface area contributed by atoms with Crippen LogP contribution in [0.4, 0.5) is 0 Å². The van der Waals surface area contributed by atoms with Gasteiger partial charge in [-0.05, 0) is 0 Å². The Hall–Kier alpha value is 1.60. The van der Waals surface area contributed by atoms with Gasteiger partial charge in [-0.25, -0.2) is 0 Å². The Labute approximate surface area is 70.1 Å². The minimum absolute atomic E-state index is 0.563. The molecule has 0 saturated heterocycles. The van der Waals surface area contributed by atoms with E-state index in [4.69, 9.17) is 0 Å². The van der Waals surface area contributed by atoms with Gasteiger partial charge < -0.3 is 0 Å². The van der Waals surface area contributed by atoms with E-state index in [1.165, 1.54) is 6.42 Å². The molecule has 0 spiro atoms. The van der Waals surface area contributed by atoms with Crippen molar-refractivity contribution in [3.63, 3.8) is 0 Å². The monoisotopic (exact) mass is 298 g/mol. The standard InChI is InChI=1S/C5H11.2BrH.Ga/c1-4-5(2)3;;;/h4H2,1-3H3;2*1H;/q;;;+2/p-2. The Bertz CT molecular complexity index is 70.8. The van der Waals surface area contributed by atoms with Gasteiger partial charge in [-0.15, -0.1) is 0 Å². The van der Waals surface area contributed by atoms with Crippen molar-refractivity contribution >= 4 is 39.4 Å². The molecule has 0 atom stereocenters. The van der Waals surface area contributed by atoms with Crippen LogP contribution >= 0.6 is 27.1 Å². The van der Waals surface area contributed by atoms with Crippen LogP contribution in [0.3, 0.4) is 0 Å². The molecule has 0 fully saturated rings. The van der Waals surface area contributed by atoms with E-state index in [1.807, 2.05) is 0 Å². The van der Waals surface area contributed by atoms with Crippen LogP contribution in [-0.2, 0) is 0 Å². The molecule has 0 nitrogen and oxygen atoms in total. The molecule has 0 aromatic rings. The van der Waals surface area contributed by atoms with Gasteiger partial charge in [0.15, 0.2) is 0 Å². The fraction of sp³-hybridized carbons (Fsp3) is 1.00. The second-order valence-corrected chi connectivity index (χ2v) is 23.1. The third-order valence-electron chi connectivity index (χ3n) is 1.50. The van der Waals surface area contributed by atoms with Crippen LogP contribution in [0.2, 0.25) is 3.97 Å². The quantitative estimate of drug-likeness (QED) is 0.685. The molecule has 0 bridgehead atoms. The molecule has 0 aromatic carbocycles. The summed E-state index contributed by atoms with van der Waals surface area (Å²) in [5.41, 5.74) is 0. The van der Waals surface area contributed by atoms with Gasteiger partial charge in [0, 0.05) is 0 Å². The minimum atomic E-state index is -1.17. The molecule has 0 radical (unpaired) electrons. The van der Waals surface area contributed by atoms with Gasteiger partial charge >= 0.3 is 70.5 Å². The summed E-state index contributed by atoms with van der Waals surface area (Å²) >= 11 is 6.15. The van der Waals surface area contributed by atoms with Gasteiger partial charge in [0.05, 0.1) is 0 Å². The molecule has 0 N–H and O–H groups in total. The molecule has 0 amide bonds. The van der Waals surface area contributed by atoms with Crippen molar-refractivity contribution in [2.24, 2.45) is 0 Å². The SMILES string of the molecule is CC[C](C)(C)[Ga]([Br])[Br]. The molecule has 0 rings (SSSR count). The normalized spacial score (nSPS) is 11.6. The van der Waals surface area contributed by atoms with E-state index >= 15 is 0 Å². The van der Waals surface area contributed by atoms with Gasteiger partial charge in [-0.1, -0.05) is 0 Å². The summed E-state index contributed by atoms with van der Waals surface area (Å²) in [5.74, 6) is 0. The van der Waals surface area contributed by atoms with Crippen molar-refractivity contribution in [3.8, 4) is 0 Å². The number of hydrogen-bond donors (Lipinski definition) is 0. The van der Waals surface area contributed by atoms with E-state index in [9.17, 15) is 0 Å². The topological polar surface area (TPSA) is 0 Å². The Morgan fingerprint density at radius 2 is 1.75 bits per heavy atom. The van der Waals surface area contributed by atoms with Crippen LogP contribution < -0.4 is 0 Å². The zero-order chi connectivity index (χ0) is 6.78. The molecule has 0 aliphatic rings. The average Bonchev–Trinajstić information content (AvgIpc) is 1.67. The van der Waals surface area contributed by atoms with E-state index in [0.717, 1.165) is 0 Å². The maximum absolute atomic E-state index is 3.66. The summed E-state index contributed by atoms with van der Waals surface area (Å²) in [4.78, 5) is 0. The predicted molar refractivity (Wildman–Crippen MR) is 47.9 cm³/mol. The summed E-state index contributed by atoms with van der Waals surface area (Å²) in [7, 11) is 0. The summed E-state index contributed by atoms with van der Waals surface area (Å²) in [6, 6.07) is 0. The van der Waals surface area contributed by atoms with E-state index in [2.05, 4.69) is 47.9 Å². The van der Waals surface area contributed by atoms with Crippen molar-refractivity contribution in [1.29, 1.82) is 0 Å². The van der Waals surface area contributed by atoms with Crippen LogP contribution in [0.5, 0.6) is 0 Å². The molecule has 0 heterocycles. The fourth-order valence-electron chi connectivity index (χ4n) is 0.154. The van der Waals surface area contributed by atoms with Crippen LogP contribution in [0.25, 0.3) is 0 Å². The van der Waals surface area contributed by atoms with Crippen molar-refractivity contribution in [2.45, 2.75) is 31.2 Å². The average molecular weight is 301 g/mol. The first-order valence-corrected chi connectivity index (χ1v) is 15.3. The molecular formula is C5H11Br2Ga. The van der Waals surface area contributed by atoms with Gasteiger partial charge in [0.1, 0.15) is 0 Å². The molecule has 0 aliphatic heterocycles. The summed E-state index contributed by atoms with van der Waals surface area (Å²) < 4.78 is 0.563. The van der Waals surface area contributed by atoms with Crippen LogP contribution in [0.15, 0.2) is 0 Å². The van der Waals surface area contributed by atoms with Gasteiger partial charge in [0.25, 0.3) is 0 Å². The summed E-state index contributed by atoms with van der Waals surface area (Å²) in [6.07, 6.45) is 1.27. The third-order valence-corrected chi connectivity index (χ3v) is 17.7. The van der Waals surface area contributed by atoms with Gasteiger partial charge in [-0.2, -0.15) is 0 Å². The second-order valence-electron chi connectivity index (χ2n) is 2.64. The first kappa shape index (κ1) is 9.60. The Balaban J connectivity index is 3.71. The molecule has 0 aliphatic carbocycles. The summed E-state index contributed by atoms with van der Waals surface area (Å²) in [5, 5.41) is 0. The number of hydrogen-bond acceptors (Lipinski definition) is 0. The second kappa shape index (κ2) is 3.69. The van der Waals surface area contributed by atoms with Crippen LogP contribution in [0, 0.1) is 0 Å². The molecule has 0 unspecified atom stereocenters. The van der Waals surface area contributed by atoms with E-state index in [0.29, 0.717) is 3.97 Å². The van der Waals surface area contributed by atoms with Crippen molar-refractivity contribution in [3.05, 3.63) is 0 Å². The number of halogens is 2. The molecule has 0 aromatic heterocycles. The third kappa shape index (κ3) is 2.94. The summed E-state index contributed by atoms with van der Waals surface area (Å²) in [6.45, 7) is 6.85. The first-order chi connectivity index (χ1) is 3.50. The van der Waals surface area contributed by atoms with Gasteiger partial charge in [-0.3, -0.25) is 0 Å². The zero-order valence-electron chi connectivity index (χ0n) is 5.54. The van der Waals surface area contributed by atoms with Crippen LogP contribution in [0.1, 0.15) is 27.2 Å². The first-order valence-electron chi connectivity index (χ1n) is 2.79. The molecule has 3 heteroatoms. The van der Waals surface area contributed by atoms with Crippen molar-refractivity contribution in [2.75, 3.05) is 0 Å². The maximum atomic E-state index is 3.66.